The van der Waals surface area contributed by atoms with Gasteiger partial charge in [0.25, 0.3) is 0 Å². The minimum atomic E-state index is -0.452. The van der Waals surface area contributed by atoms with Crippen molar-refractivity contribution in [3.63, 3.8) is 0 Å². The Labute approximate surface area is 101 Å². The third kappa shape index (κ3) is 5.17. The molecule has 0 fully saturated rings. The van der Waals surface area contributed by atoms with Gasteiger partial charge in [-0.15, -0.1) is 6.58 Å². The number of carbonyl (C=O) groups is 1. The standard InChI is InChI=1S/C13H18N2O2/c1-2-12(8-9-14)15-13(16)17-10-11-6-4-3-5-7-11/h2-7,12H,1,8-10,14H2,(H,15,16)/t12-/m1/s1. The van der Waals surface area contributed by atoms with Crippen molar-refractivity contribution in [2.24, 2.45) is 5.73 Å². The molecule has 0 aliphatic carbocycles. The summed E-state index contributed by atoms with van der Waals surface area (Å²) >= 11 is 0. The number of nitrogens with two attached hydrogens (primary N) is 1. The van der Waals surface area contributed by atoms with Crippen molar-refractivity contribution in [1.29, 1.82) is 0 Å². The molecule has 0 spiro atoms. The fraction of sp³-hybridized carbons (Fsp3) is 0.308. The second-order valence-electron chi connectivity index (χ2n) is 3.63. The number of ether oxygens (including phenoxy) is 1. The number of amides is 1. The second-order valence-corrected chi connectivity index (χ2v) is 3.63. The average molecular weight is 234 g/mol. The van der Waals surface area contributed by atoms with Gasteiger partial charge in [-0.25, -0.2) is 4.79 Å². The number of hydrogen-bond donors (Lipinski definition) is 2. The largest absolute Gasteiger partial charge is 0.445 e. The van der Waals surface area contributed by atoms with Crippen LogP contribution in [-0.4, -0.2) is 18.7 Å². The summed E-state index contributed by atoms with van der Waals surface area (Å²) in [5.41, 5.74) is 6.36. The normalized spacial score (nSPS) is 11.6. The first-order chi connectivity index (χ1) is 8.26. The topological polar surface area (TPSA) is 64.3 Å². The fourth-order valence-electron chi connectivity index (χ4n) is 1.34. The molecule has 1 atom stereocenters. The highest BCUT2D eigenvalue weighted by Gasteiger charge is 2.08. The number of carbonyl (C=O) groups excluding carboxylic acids is 1. The molecule has 0 radical (unpaired) electrons. The molecule has 0 aliphatic heterocycles. The van der Waals surface area contributed by atoms with Crippen molar-refractivity contribution in [3.05, 3.63) is 48.6 Å². The zero-order valence-electron chi connectivity index (χ0n) is 9.76. The molecule has 1 aromatic carbocycles. The van der Waals surface area contributed by atoms with Crippen molar-refractivity contribution in [1.82, 2.24) is 5.32 Å². The molecule has 92 valence electrons. The van der Waals surface area contributed by atoms with Crippen LogP contribution in [0.5, 0.6) is 0 Å². The first-order valence-electron chi connectivity index (χ1n) is 5.56. The number of alkyl carbamates (subject to hydrolysis) is 1. The molecule has 1 rings (SSSR count). The van der Waals surface area contributed by atoms with E-state index in [0.29, 0.717) is 13.0 Å². The predicted octanol–water partition coefficient (Wildman–Crippen LogP) is 1.82. The van der Waals surface area contributed by atoms with Crippen LogP contribution < -0.4 is 11.1 Å². The molecule has 0 bridgehead atoms. The van der Waals surface area contributed by atoms with Crippen molar-refractivity contribution < 1.29 is 9.53 Å². The number of hydrogen-bond acceptors (Lipinski definition) is 3. The summed E-state index contributed by atoms with van der Waals surface area (Å²) in [6.45, 7) is 4.38. The van der Waals surface area contributed by atoms with Gasteiger partial charge < -0.3 is 15.8 Å². The minimum Gasteiger partial charge on any atom is -0.445 e. The Hall–Kier alpha value is -1.81. The first-order valence-corrected chi connectivity index (χ1v) is 5.56. The number of rotatable bonds is 6. The lowest BCUT2D eigenvalue weighted by molar-refractivity contribution is 0.137. The molecular formula is C13H18N2O2. The van der Waals surface area contributed by atoms with Crippen LogP contribution in [0.4, 0.5) is 4.79 Å². The van der Waals surface area contributed by atoms with Crippen LogP contribution in [0.1, 0.15) is 12.0 Å². The van der Waals surface area contributed by atoms with Crippen LogP contribution in [0.3, 0.4) is 0 Å². The molecule has 3 N–H and O–H groups in total. The smallest absolute Gasteiger partial charge is 0.407 e. The van der Waals surface area contributed by atoms with E-state index in [-0.39, 0.29) is 12.6 Å². The predicted molar refractivity (Wildman–Crippen MR) is 67.4 cm³/mol. The molecule has 0 saturated heterocycles. The van der Waals surface area contributed by atoms with Crippen LogP contribution in [0.25, 0.3) is 0 Å². The first kappa shape index (κ1) is 13.3. The van der Waals surface area contributed by atoms with Gasteiger partial charge in [0.2, 0.25) is 0 Å². The van der Waals surface area contributed by atoms with E-state index in [1.165, 1.54) is 0 Å². The van der Waals surface area contributed by atoms with Crippen molar-refractivity contribution in [2.75, 3.05) is 6.54 Å². The van der Waals surface area contributed by atoms with Crippen LogP contribution in [-0.2, 0) is 11.3 Å². The molecule has 1 amide bonds. The monoisotopic (exact) mass is 234 g/mol. The van der Waals surface area contributed by atoms with Gasteiger partial charge in [0.15, 0.2) is 0 Å². The van der Waals surface area contributed by atoms with Gasteiger partial charge in [0, 0.05) is 0 Å². The lowest BCUT2D eigenvalue weighted by Gasteiger charge is -2.13. The highest BCUT2D eigenvalue weighted by molar-refractivity contribution is 5.67. The third-order valence-electron chi connectivity index (χ3n) is 2.28. The molecule has 0 aromatic heterocycles. The van der Waals surface area contributed by atoms with Gasteiger partial charge >= 0.3 is 6.09 Å². The van der Waals surface area contributed by atoms with Gasteiger partial charge in [0.05, 0.1) is 6.04 Å². The van der Waals surface area contributed by atoms with Crippen molar-refractivity contribution in [2.45, 2.75) is 19.1 Å². The van der Waals surface area contributed by atoms with Crippen molar-refractivity contribution in [3.8, 4) is 0 Å². The van der Waals surface area contributed by atoms with E-state index in [4.69, 9.17) is 10.5 Å². The van der Waals surface area contributed by atoms with Crippen LogP contribution >= 0.6 is 0 Å². The number of benzene rings is 1. The molecule has 4 heteroatoms. The van der Waals surface area contributed by atoms with E-state index in [2.05, 4.69) is 11.9 Å². The second kappa shape index (κ2) is 7.46. The zero-order valence-corrected chi connectivity index (χ0v) is 9.76. The van der Waals surface area contributed by atoms with E-state index in [1.807, 2.05) is 30.3 Å². The number of nitrogens with one attached hydrogen (secondary N) is 1. The molecule has 0 unspecified atom stereocenters. The van der Waals surface area contributed by atoms with Gasteiger partial charge in [-0.3, -0.25) is 0 Å². The maximum absolute atomic E-state index is 11.4. The molecule has 17 heavy (non-hydrogen) atoms. The lowest BCUT2D eigenvalue weighted by Crippen LogP contribution is -2.35. The summed E-state index contributed by atoms with van der Waals surface area (Å²) in [6, 6.07) is 9.38. The molecule has 1 aromatic rings. The molecule has 0 heterocycles. The Morgan fingerprint density at radius 1 is 1.47 bits per heavy atom. The van der Waals surface area contributed by atoms with Crippen molar-refractivity contribution >= 4 is 6.09 Å². The lowest BCUT2D eigenvalue weighted by atomic mass is 10.2. The van der Waals surface area contributed by atoms with Gasteiger partial charge in [0.1, 0.15) is 6.61 Å². The summed E-state index contributed by atoms with van der Waals surface area (Å²) in [5.74, 6) is 0. The molecule has 0 saturated carbocycles. The summed E-state index contributed by atoms with van der Waals surface area (Å²) in [5, 5.41) is 2.68. The maximum atomic E-state index is 11.4. The minimum absolute atomic E-state index is 0.136. The van der Waals surface area contributed by atoms with E-state index < -0.39 is 6.09 Å². The Kier molecular flexibility index (Phi) is 5.82. The van der Waals surface area contributed by atoms with E-state index in [9.17, 15) is 4.79 Å². The van der Waals surface area contributed by atoms with E-state index >= 15 is 0 Å². The summed E-state index contributed by atoms with van der Waals surface area (Å²) in [7, 11) is 0. The zero-order chi connectivity index (χ0) is 12.5. The fourth-order valence-corrected chi connectivity index (χ4v) is 1.34. The van der Waals surface area contributed by atoms with Crippen LogP contribution in [0.2, 0.25) is 0 Å². The summed E-state index contributed by atoms with van der Waals surface area (Å²) in [4.78, 5) is 11.4. The Morgan fingerprint density at radius 3 is 2.76 bits per heavy atom. The van der Waals surface area contributed by atoms with E-state index in [1.54, 1.807) is 6.08 Å². The van der Waals surface area contributed by atoms with E-state index in [0.717, 1.165) is 5.56 Å². The maximum Gasteiger partial charge on any atom is 0.407 e. The highest BCUT2D eigenvalue weighted by Crippen LogP contribution is 2.01. The molecule has 0 aliphatic rings. The summed E-state index contributed by atoms with van der Waals surface area (Å²) in [6.07, 6.45) is 1.85. The van der Waals surface area contributed by atoms with Crippen LogP contribution in [0.15, 0.2) is 43.0 Å². The SMILES string of the molecule is C=C[C@H](CCN)NC(=O)OCc1ccccc1. The molecular weight excluding hydrogens is 216 g/mol. The molecule has 4 nitrogen and oxygen atoms in total. The average Bonchev–Trinajstić information content (AvgIpc) is 2.37. The van der Waals surface area contributed by atoms with Gasteiger partial charge in [-0.05, 0) is 18.5 Å². The Balaban J connectivity index is 2.32. The van der Waals surface area contributed by atoms with Crippen LogP contribution in [0, 0.1) is 0 Å². The van der Waals surface area contributed by atoms with Gasteiger partial charge in [-0.2, -0.15) is 0 Å². The van der Waals surface area contributed by atoms with Gasteiger partial charge in [-0.1, -0.05) is 36.4 Å². The third-order valence-corrected chi connectivity index (χ3v) is 2.28. The Morgan fingerprint density at radius 2 is 2.18 bits per heavy atom. The Bertz CT molecular complexity index is 352. The summed E-state index contributed by atoms with van der Waals surface area (Å²) < 4.78 is 5.07. The highest BCUT2D eigenvalue weighted by atomic mass is 16.5. The quantitative estimate of drug-likeness (QED) is 0.738.